The zero-order valence-electron chi connectivity index (χ0n) is 16.2. The van der Waals surface area contributed by atoms with E-state index in [1.807, 2.05) is 26.0 Å². The van der Waals surface area contributed by atoms with Crippen molar-refractivity contribution >= 4 is 0 Å². The zero-order chi connectivity index (χ0) is 19.8. The minimum absolute atomic E-state index is 0.121. The number of benzene rings is 1. The maximum absolute atomic E-state index is 14.0. The summed E-state index contributed by atoms with van der Waals surface area (Å²) in [6, 6.07) is 7.79. The van der Waals surface area contributed by atoms with Gasteiger partial charge in [-0.3, -0.25) is 9.88 Å². The number of aryl methyl sites for hydroxylation is 2. The Kier molecular flexibility index (Phi) is 5.34. The van der Waals surface area contributed by atoms with Crippen LogP contribution in [0.2, 0.25) is 0 Å². The van der Waals surface area contributed by atoms with E-state index in [0.29, 0.717) is 24.0 Å². The minimum Gasteiger partial charge on any atom is -0.486 e. The highest BCUT2D eigenvalue weighted by atomic mass is 19.1. The number of aromatic nitrogens is 1. The molecule has 28 heavy (non-hydrogen) atoms. The number of likely N-dealkylation sites (tertiary alicyclic amines) is 1. The molecule has 6 heteroatoms. The van der Waals surface area contributed by atoms with E-state index < -0.39 is 17.7 Å². The number of aliphatic hydroxyl groups excluding tert-OH is 1. The summed E-state index contributed by atoms with van der Waals surface area (Å²) in [7, 11) is 0. The summed E-state index contributed by atoms with van der Waals surface area (Å²) in [5, 5.41) is 10.6. The number of rotatable bonds is 4. The van der Waals surface area contributed by atoms with Gasteiger partial charge in [-0.25, -0.2) is 8.78 Å². The maximum atomic E-state index is 14.0. The highest BCUT2D eigenvalue weighted by molar-refractivity contribution is 5.28. The molecule has 150 valence electrons. The van der Waals surface area contributed by atoms with Crippen LogP contribution < -0.4 is 4.74 Å². The normalized spacial score (nSPS) is 27.6. The number of hydrogen-bond donors (Lipinski definition) is 1. The van der Waals surface area contributed by atoms with E-state index in [2.05, 4.69) is 9.88 Å². The van der Waals surface area contributed by atoms with Gasteiger partial charge in [0.25, 0.3) is 0 Å². The van der Waals surface area contributed by atoms with Crippen LogP contribution in [0.5, 0.6) is 5.75 Å². The third-order valence-corrected chi connectivity index (χ3v) is 6.06. The first kappa shape index (κ1) is 19.3. The molecule has 2 heterocycles. The highest BCUT2D eigenvalue weighted by Crippen LogP contribution is 2.39. The molecule has 0 bridgehead atoms. The van der Waals surface area contributed by atoms with Crippen LogP contribution in [0.1, 0.15) is 29.8 Å². The molecule has 0 spiro atoms. The first-order chi connectivity index (χ1) is 13.4. The number of pyridine rings is 1. The molecule has 1 saturated heterocycles. The van der Waals surface area contributed by atoms with Crippen molar-refractivity contribution in [2.24, 2.45) is 11.8 Å². The standard InChI is InChI=1S/C22H26F2N2O2/c1-13-6-7-21(14(2)25-13)28-22-9-16-11-26(10-15(16)8-20(22)27)12-17-18(23)4-3-5-19(17)24/h3-7,15-16,20,22,27H,8-12H2,1-2H3/t15-,16+,20+,22+/m0/s1. The number of aliphatic hydroxyl groups is 1. The summed E-state index contributed by atoms with van der Waals surface area (Å²) in [5.41, 5.74) is 1.87. The van der Waals surface area contributed by atoms with Crippen LogP contribution in [-0.2, 0) is 6.54 Å². The van der Waals surface area contributed by atoms with Crippen molar-refractivity contribution in [3.8, 4) is 5.75 Å². The molecule has 1 aliphatic carbocycles. The predicted molar refractivity (Wildman–Crippen MR) is 102 cm³/mol. The van der Waals surface area contributed by atoms with E-state index in [1.165, 1.54) is 18.2 Å². The molecule has 4 rings (SSSR count). The zero-order valence-corrected chi connectivity index (χ0v) is 16.2. The molecule has 0 radical (unpaired) electrons. The van der Waals surface area contributed by atoms with Crippen molar-refractivity contribution in [3.63, 3.8) is 0 Å². The monoisotopic (exact) mass is 388 g/mol. The Morgan fingerprint density at radius 3 is 2.43 bits per heavy atom. The van der Waals surface area contributed by atoms with Gasteiger partial charge in [-0.2, -0.15) is 0 Å². The van der Waals surface area contributed by atoms with Crippen LogP contribution in [0.25, 0.3) is 0 Å². The molecular weight excluding hydrogens is 362 g/mol. The van der Waals surface area contributed by atoms with Crippen molar-refractivity contribution in [1.29, 1.82) is 0 Å². The quantitative estimate of drug-likeness (QED) is 0.869. The lowest BCUT2D eigenvalue weighted by atomic mass is 9.78. The van der Waals surface area contributed by atoms with Gasteiger partial charge < -0.3 is 9.84 Å². The summed E-state index contributed by atoms with van der Waals surface area (Å²) in [6.45, 7) is 5.60. The average molecular weight is 388 g/mol. The lowest BCUT2D eigenvalue weighted by molar-refractivity contribution is -0.0236. The van der Waals surface area contributed by atoms with E-state index >= 15 is 0 Å². The van der Waals surface area contributed by atoms with Crippen molar-refractivity contribution < 1.29 is 18.6 Å². The highest BCUT2D eigenvalue weighted by Gasteiger charge is 2.43. The van der Waals surface area contributed by atoms with Gasteiger partial charge in [-0.1, -0.05) is 6.07 Å². The Morgan fingerprint density at radius 2 is 1.75 bits per heavy atom. The molecule has 1 aromatic carbocycles. The predicted octanol–water partition coefficient (Wildman–Crippen LogP) is 3.63. The van der Waals surface area contributed by atoms with Gasteiger partial charge in [0, 0.05) is 30.9 Å². The molecule has 0 amide bonds. The number of ether oxygens (including phenoxy) is 1. The average Bonchev–Trinajstić information content (AvgIpc) is 3.02. The molecule has 4 nitrogen and oxygen atoms in total. The molecule has 4 atom stereocenters. The van der Waals surface area contributed by atoms with Crippen molar-refractivity contribution in [1.82, 2.24) is 9.88 Å². The van der Waals surface area contributed by atoms with Crippen LogP contribution in [-0.4, -0.2) is 40.3 Å². The van der Waals surface area contributed by atoms with Crippen molar-refractivity contribution in [3.05, 3.63) is 58.9 Å². The molecule has 1 saturated carbocycles. The second-order valence-corrected chi connectivity index (χ2v) is 8.15. The Morgan fingerprint density at radius 1 is 1.07 bits per heavy atom. The molecule has 1 aliphatic heterocycles. The third-order valence-electron chi connectivity index (χ3n) is 6.06. The second-order valence-electron chi connectivity index (χ2n) is 8.15. The van der Waals surface area contributed by atoms with E-state index in [9.17, 15) is 13.9 Å². The van der Waals surface area contributed by atoms with Crippen LogP contribution >= 0.6 is 0 Å². The number of hydrogen-bond acceptors (Lipinski definition) is 4. The van der Waals surface area contributed by atoms with Gasteiger partial charge in [-0.05, 0) is 62.8 Å². The summed E-state index contributed by atoms with van der Waals surface area (Å²) >= 11 is 0. The smallest absolute Gasteiger partial charge is 0.141 e. The molecule has 2 aromatic rings. The lowest BCUT2D eigenvalue weighted by Gasteiger charge is -2.35. The molecule has 2 aliphatic rings. The van der Waals surface area contributed by atoms with E-state index in [0.717, 1.165) is 30.9 Å². The number of halogens is 2. The largest absolute Gasteiger partial charge is 0.486 e. The van der Waals surface area contributed by atoms with Gasteiger partial charge in [0.1, 0.15) is 23.5 Å². The molecule has 1 N–H and O–H groups in total. The first-order valence-electron chi connectivity index (χ1n) is 9.85. The summed E-state index contributed by atoms with van der Waals surface area (Å²) in [6.07, 6.45) is 0.543. The second kappa shape index (κ2) is 7.76. The van der Waals surface area contributed by atoms with Gasteiger partial charge in [0.2, 0.25) is 0 Å². The Balaban J connectivity index is 1.42. The fourth-order valence-electron chi connectivity index (χ4n) is 4.61. The Labute approximate surface area is 164 Å². The maximum Gasteiger partial charge on any atom is 0.141 e. The topological polar surface area (TPSA) is 45.6 Å². The molecule has 0 unspecified atom stereocenters. The van der Waals surface area contributed by atoms with Gasteiger partial charge in [0.15, 0.2) is 0 Å². The molecular formula is C22H26F2N2O2. The number of fused-ring (bicyclic) bond motifs is 1. The van der Waals surface area contributed by atoms with Crippen LogP contribution in [0, 0.1) is 37.3 Å². The van der Waals surface area contributed by atoms with Crippen LogP contribution in [0.4, 0.5) is 8.78 Å². The van der Waals surface area contributed by atoms with Gasteiger partial charge >= 0.3 is 0 Å². The molecule has 1 aromatic heterocycles. The summed E-state index contributed by atoms with van der Waals surface area (Å²) < 4.78 is 34.1. The first-order valence-corrected chi connectivity index (χ1v) is 9.85. The van der Waals surface area contributed by atoms with Gasteiger partial charge in [-0.15, -0.1) is 0 Å². The third kappa shape index (κ3) is 3.89. The van der Waals surface area contributed by atoms with Crippen molar-refractivity contribution in [2.75, 3.05) is 13.1 Å². The Bertz CT molecular complexity index is 840. The molecule has 2 fully saturated rings. The van der Waals surface area contributed by atoms with Crippen LogP contribution in [0.3, 0.4) is 0 Å². The Hall–Kier alpha value is -2.05. The van der Waals surface area contributed by atoms with Crippen molar-refractivity contribution in [2.45, 2.75) is 45.4 Å². The summed E-state index contributed by atoms with van der Waals surface area (Å²) in [4.78, 5) is 6.51. The van der Waals surface area contributed by atoms with E-state index in [1.54, 1.807) is 0 Å². The SMILES string of the molecule is Cc1ccc(O[C@@H]2C[C@@H]3CN(Cc4c(F)cccc4F)C[C@@H]3C[C@H]2O)c(C)n1. The van der Waals surface area contributed by atoms with E-state index in [-0.39, 0.29) is 18.2 Å². The number of nitrogens with zero attached hydrogens (tertiary/aromatic N) is 2. The lowest BCUT2D eigenvalue weighted by Crippen LogP contribution is -2.42. The fraction of sp³-hybridized carbons (Fsp3) is 0.500. The van der Waals surface area contributed by atoms with Gasteiger partial charge in [0.05, 0.1) is 11.8 Å². The van der Waals surface area contributed by atoms with E-state index in [4.69, 9.17) is 4.74 Å². The fourth-order valence-corrected chi connectivity index (χ4v) is 4.61. The summed E-state index contributed by atoms with van der Waals surface area (Å²) in [5.74, 6) is 0.372. The minimum atomic E-state index is -0.549. The van der Waals surface area contributed by atoms with Crippen LogP contribution in [0.15, 0.2) is 30.3 Å².